The lowest BCUT2D eigenvalue weighted by molar-refractivity contribution is -0.142. The molecule has 4 N–H and O–H groups in total. The Morgan fingerprint density at radius 2 is 1.62 bits per heavy atom. The topological polar surface area (TPSA) is 138 Å². The number of ether oxygens (including phenoxy) is 1. The van der Waals surface area contributed by atoms with Gasteiger partial charge in [0.2, 0.25) is 5.91 Å². The van der Waals surface area contributed by atoms with E-state index in [-0.39, 0.29) is 18.9 Å². The molecule has 2 amide bonds. The number of nitrogens with one attached hydrogen (secondary N) is 2. The number of hydrogen-bond donors (Lipinski definition) is 4. The summed E-state index contributed by atoms with van der Waals surface area (Å²) in [6, 6.07) is 17.9. The van der Waals surface area contributed by atoms with E-state index in [4.69, 9.17) is 14.9 Å². The molecule has 174 valence electrons. The number of anilines is 1. The summed E-state index contributed by atoms with van der Waals surface area (Å²) in [5.74, 6) is -1.97. The smallest absolute Gasteiger partial charge is 0.411 e. The Bertz CT molecular complexity index is 1170. The van der Waals surface area contributed by atoms with E-state index in [1.807, 2.05) is 36.4 Å². The Kier molecular flexibility index (Phi) is 6.84. The van der Waals surface area contributed by atoms with Gasteiger partial charge in [0.1, 0.15) is 12.6 Å². The highest BCUT2D eigenvalue weighted by atomic mass is 16.5. The molecular weight excluding hydrogens is 438 g/mol. The number of nitrogens with zero attached hydrogens (tertiary/aromatic N) is 1. The van der Waals surface area contributed by atoms with Crippen LogP contribution in [0.15, 0.2) is 66.9 Å². The van der Waals surface area contributed by atoms with Crippen LogP contribution >= 0.6 is 0 Å². The molecule has 3 aromatic rings. The van der Waals surface area contributed by atoms with Crippen molar-refractivity contribution in [3.05, 3.63) is 83.7 Å². The lowest BCUT2D eigenvalue weighted by atomic mass is 9.98. The number of aliphatic carboxylic acids is 1. The Balaban J connectivity index is 1.32. The molecule has 0 radical (unpaired) electrons. The van der Waals surface area contributed by atoms with Gasteiger partial charge in [0, 0.05) is 11.6 Å². The maximum atomic E-state index is 12.4. The maximum Gasteiger partial charge on any atom is 0.411 e. The van der Waals surface area contributed by atoms with Gasteiger partial charge in [-0.3, -0.25) is 15.1 Å². The van der Waals surface area contributed by atoms with E-state index in [1.54, 1.807) is 6.07 Å². The number of carbonyl (C=O) groups is 3. The zero-order valence-electron chi connectivity index (χ0n) is 18.1. The molecule has 1 aliphatic rings. The van der Waals surface area contributed by atoms with E-state index in [0.717, 1.165) is 22.3 Å². The highest BCUT2D eigenvalue weighted by Crippen LogP contribution is 2.44. The van der Waals surface area contributed by atoms with Crippen molar-refractivity contribution in [2.24, 2.45) is 0 Å². The number of carboxylic acid groups (broad SMARTS) is 1. The van der Waals surface area contributed by atoms with Gasteiger partial charge in [-0.15, -0.1) is 0 Å². The first-order chi connectivity index (χ1) is 16.5. The number of aliphatic hydroxyl groups excluding tert-OH is 1. The molecule has 0 bridgehead atoms. The number of carboxylic acids is 1. The predicted octanol–water partition coefficient (Wildman–Crippen LogP) is 2.55. The second-order valence-corrected chi connectivity index (χ2v) is 7.81. The zero-order chi connectivity index (χ0) is 24.1. The van der Waals surface area contributed by atoms with Crippen molar-refractivity contribution in [3.63, 3.8) is 0 Å². The average Bonchev–Trinajstić information content (AvgIpc) is 3.16. The van der Waals surface area contributed by atoms with Gasteiger partial charge in [0.05, 0.1) is 24.9 Å². The first-order valence-electron chi connectivity index (χ1n) is 10.7. The molecule has 1 unspecified atom stereocenters. The summed E-state index contributed by atoms with van der Waals surface area (Å²) in [5, 5.41) is 22.7. The van der Waals surface area contributed by atoms with Gasteiger partial charge >= 0.3 is 12.1 Å². The van der Waals surface area contributed by atoms with Crippen LogP contribution in [0.4, 0.5) is 10.5 Å². The highest BCUT2D eigenvalue weighted by Gasteiger charge is 2.29. The van der Waals surface area contributed by atoms with Gasteiger partial charge in [-0.05, 0) is 34.4 Å². The van der Waals surface area contributed by atoms with Crippen molar-refractivity contribution in [2.45, 2.75) is 18.4 Å². The van der Waals surface area contributed by atoms with Gasteiger partial charge in [0.15, 0.2) is 0 Å². The van der Waals surface area contributed by atoms with E-state index in [0.29, 0.717) is 11.4 Å². The van der Waals surface area contributed by atoms with Crippen molar-refractivity contribution < 1.29 is 29.3 Å². The minimum absolute atomic E-state index is 0.0503. The van der Waals surface area contributed by atoms with Gasteiger partial charge in [0.25, 0.3) is 0 Å². The SMILES string of the molecule is O=C(Cc1ccc(NC(=O)OCC2c3ccccc3-c3ccccc32)cn1)NC(CO)C(=O)O. The maximum absolute atomic E-state index is 12.4. The lowest BCUT2D eigenvalue weighted by Crippen LogP contribution is -2.44. The van der Waals surface area contributed by atoms with Gasteiger partial charge in [-0.25, -0.2) is 9.59 Å². The van der Waals surface area contributed by atoms with Crippen LogP contribution in [-0.4, -0.2) is 52.4 Å². The molecule has 0 spiro atoms. The number of aromatic nitrogens is 1. The molecule has 0 saturated carbocycles. The van der Waals surface area contributed by atoms with Crippen LogP contribution in [0.25, 0.3) is 11.1 Å². The van der Waals surface area contributed by atoms with Crippen LogP contribution in [0, 0.1) is 0 Å². The normalized spacial score (nSPS) is 12.9. The molecule has 4 rings (SSSR count). The number of aliphatic hydroxyl groups is 1. The number of pyridine rings is 1. The molecule has 0 aliphatic heterocycles. The van der Waals surface area contributed by atoms with Crippen molar-refractivity contribution in [1.29, 1.82) is 0 Å². The number of hydrogen-bond acceptors (Lipinski definition) is 6. The van der Waals surface area contributed by atoms with E-state index in [1.165, 1.54) is 12.3 Å². The molecular formula is C25H23N3O6. The minimum atomic E-state index is -1.37. The van der Waals surface area contributed by atoms with Crippen molar-refractivity contribution in [3.8, 4) is 11.1 Å². The van der Waals surface area contributed by atoms with Crippen LogP contribution in [0.1, 0.15) is 22.7 Å². The number of rotatable bonds is 8. The van der Waals surface area contributed by atoms with Gasteiger partial charge in [-0.2, -0.15) is 0 Å². The summed E-state index contributed by atoms with van der Waals surface area (Å²) < 4.78 is 5.50. The Hall–Kier alpha value is -4.24. The number of fused-ring (bicyclic) bond motifs is 3. The third-order valence-corrected chi connectivity index (χ3v) is 5.57. The van der Waals surface area contributed by atoms with Gasteiger partial charge in [-0.1, -0.05) is 48.5 Å². The number of amides is 2. The second-order valence-electron chi connectivity index (χ2n) is 7.81. The molecule has 1 atom stereocenters. The predicted molar refractivity (Wildman–Crippen MR) is 123 cm³/mol. The fourth-order valence-electron chi connectivity index (χ4n) is 3.95. The summed E-state index contributed by atoms with van der Waals surface area (Å²) in [6.07, 6.45) is 0.584. The van der Waals surface area contributed by atoms with E-state index in [2.05, 4.69) is 27.8 Å². The average molecular weight is 461 g/mol. The monoisotopic (exact) mass is 461 g/mol. The number of benzene rings is 2. The molecule has 34 heavy (non-hydrogen) atoms. The van der Waals surface area contributed by atoms with Crippen molar-refractivity contribution in [2.75, 3.05) is 18.5 Å². The summed E-state index contributed by atoms with van der Waals surface area (Å²) in [6.45, 7) is -0.529. The minimum Gasteiger partial charge on any atom is -0.480 e. The summed E-state index contributed by atoms with van der Waals surface area (Å²) in [7, 11) is 0. The van der Waals surface area contributed by atoms with Crippen molar-refractivity contribution in [1.82, 2.24) is 10.3 Å². The van der Waals surface area contributed by atoms with Crippen LogP contribution in [0.5, 0.6) is 0 Å². The largest absolute Gasteiger partial charge is 0.480 e. The molecule has 1 heterocycles. The highest BCUT2D eigenvalue weighted by molar-refractivity contribution is 5.86. The lowest BCUT2D eigenvalue weighted by Gasteiger charge is -2.14. The fraction of sp³-hybridized carbons (Fsp3) is 0.200. The summed E-state index contributed by atoms with van der Waals surface area (Å²) in [4.78, 5) is 39.3. The summed E-state index contributed by atoms with van der Waals surface area (Å²) in [5.41, 5.74) is 5.28. The Morgan fingerprint density at radius 3 is 2.18 bits per heavy atom. The van der Waals surface area contributed by atoms with Crippen LogP contribution < -0.4 is 10.6 Å². The molecule has 0 saturated heterocycles. The quantitative estimate of drug-likeness (QED) is 0.404. The van der Waals surface area contributed by atoms with Crippen LogP contribution in [0.2, 0.25) is 0 Å². The van der Waals surface area contributed by atoms with E-state index in [9.17, 15) is 14.4 Å². The third-order valence-electron chi connectivity index (χ3n) is 5.57. The zero-order valence-corrected chi connectivity index (χ0v) is 18.1. The van der Waals surface area contributed by atoms with Crippen molar-refractivity contribution >= 4 is 23.7 Å². The number of carbonyl (C=O) groups excluding carboxylic acids is 2. The molecule has 1 aromatic heterocycles. The third kappa shape index (κ3) is 5.05. The van der Waals surface area contributed by atoms with E-state index >= 15 is 0 Å². The molecule has 0 fully saturated rings. The first-order valence-corrected chi connectivity index (χ1v) is 10.7. The standard InChI is InChI=1S/C25H23N3O6/c29-13-22(24(31)32)28-23(30)11-15-9-10-16(12-26-15)27-25(33)34-14-21-19-7-3-1-5-17(19)18-6-2-4-8-20(18)21/h1-10,12,21-22,29H,11,13-14H2,(H,27,33)(H,28,30)(H,31,32). The fourth-order valence-corrected chi connectivity index (χ4v) is 3.95. The van der Waals surface area contributed by atoms with Gasteiger partial charge < -0.3 is 20.3 Å². The second kappa shape index (κ2) is 10.1. The molecule has 1 aliphatic carbocycles. The first kappa shape index (κ1) is 22.9. The summed E-state index contributed by atoms with van der Waals surface area (Å²) >= 11 is 0. The molecule has 2 aromatic carbocycles. The Labute approximate surface area is 195 Å². The van der Waals surface area contributed by atoms with Crippen LogP contribution in [0.3, 0.4) is 0 Å². The Morgan fingerprint density at radius 1 is 0.971 bits per heavy atom. The van der Waals surface area contributed by atoms with E-state index < -0.39 is 30.6 Å². The molecule has 9 heteroatoms. The van der Waals surface area contributed by atoms with Crippen LogP contribution in [-0.2, 0) is 20.7 Å². The molecule has 9 nitrogen and oxygen atoms in total.